The first-order chi connectivity index (χ1) is 6.65. The van der Waals surface area contributed by atoms with Crippen molar-refractivity contribution in [2.24, 2.45) is 12.8 Å². The van der Waals surface area contributed by atoms with Crippen LogP contribution in [0.5, 0.6) is 0 Å². The molecule has 0 saturated carbocycles. The molecule has 78 valence electrons. The monoisotopic (exact) mass is 196 g/mol. The lowest BCUT2D eigenvalue weighted by Gasteiger charge is -2.19. The van der Waals surface area contributed by atoms with Crippen molar-refractivity contribution < 1.29 is 4.74 Å². The van der Waals surface area contributed by atoms with E-state index < -0.39 is 5.54 Å². The van der Waals surface area contributed by atoms with Crippen LogP contribution in [0.4, 0.5) is 0 Å². The van der Waals surface area contributed by atoms with E-state index in [9.17, 15) is 0 Å². The molecule has 1 fully saturated rings. The Balaban J connectivity index is 2.34. The van der Waals surface area contributed by atoms with Gasteiger partial charge in [0.2, 0.25) is 0 Å². The van der Waals surface area contributed by atoms with Crippen LogP contribution < -0.4 is 5.73 Å². The zero-order chi connectivity index (χ0) is 10.2. The molecule has 1 aliphatic heterocycles. The minimum atomic E-state index is -0.435. The Morgan fingerprint density at radius 2 is 2.43 bits per heavy atom. The number of aromatic nitrogens is 3. The highest BCUT2D eigenvalue weighted by Crippen LogP contribution is 2.25. The fourth-order valence-corrected chi connectivity index (χ4v) is 1.78. The van der Waals surface area contributed by atoms with E-state index in [1.807, 2.05) is 14.0 Å². The number of aryl methyl sites for hydroxylation is 2. The quantitative estimate of drug-likeness (QED) is 0.720. The lowest BCUT2D eigenvalue weighted by molar-refractivity contribution is 0.175. The number of ether oxygens (including phenoxy) is 1. The molecule has 1 aliphatic rings. The molecule has 0 aliphatic carbocycles. The predicted octanol–water partition coefficient (Wildman–Crippen LogP) is -0.0482. The van der Waals surface area contributed by atoms with Crippen molar-refractivity contribution in [2.45, 2.75) is 25.3 Å². The topological polar surface area (TPSA) is 66.0 Å². The molecule has 1 unspecified atom stereocenters. The van der Waals surface area contributed by atoms with Gasteiger partial charge in [-0.15, -0.1) is 0 Å². The molecule has 0 radical (unpaired) electrons. The third kappa shape index (κ3) is 1.42. The summed E-state index contributed by atoms with van der Waals surface area (Å²) >= 11 is 0. The number of hydrogen-bond acceptors (Lipinski definition) is 4. The summed E-state index contributed by atoms with van der Waals surface area (Å²) in [5.41, 5.74) is 5.77. The summed E-state index contributed by atoms with van der Waals surface area (Å²) in [5.74, 6) is 1.69. The van der Waals surface area contributed by atoms with Crippen molar-refractivity contribution in [1.82, 2.24) is 14.8 Å². The van der Waals surface area contributed by atoms with Gasteiger partial charge in [0, 0.05) is 20.1 Å². The maximum absolute atomic E-state index is 6.20. The van der Waals surface area contributed by atoms with Crippen molar-refractivity contribution in [3.8, 4) is 0 Å². The van der Waals surface area contributed by atoms with Gasteiger partial charge in [0.15, 0.2) is 5.82 Å². The molecule has 1 atom stereocenters. The van der Waals surface area contributed by atoms with Crippen molar-refractivity contribution in [3.05, 3.63) is 11.6 Å². The van der Waals surface area contributed by atoms with Crippen LogP contribution in [0.1, 0.15) is 25.0 Å². The van der Waals surface area contributed by atoms with Crippen LogP contribution in [0, 0.1) is 0 Å². The first-order valence-electron chi connectivity index (χ1n) is 4.93. The molecular weight excluding hydrogens is 180 g/mol. The van der Waals surface area contributed by atoms with Crippen molar-refractivity contribution in [2.75, 3.05) is 13.2 Å². The highest BCUT2D eigenvalue weighted by atomic mass is 16.5. The zero-order valence-electron chi connectivity index (χ0n) is 8.66. The van der Waals surface area contributed by atoms with Crippen LogP contribution in [0.25, 0.3) is 0 Å². The van der Waals surface area contributed by atoms with E-state index in [0.29, 0.717) is 13.2 Å². The lowest BCUT2D eigenvalue weighted by Crippen LogP contribution is -2.39. The normalized spacial score (nSPS) is 27.1. The SMILES string of the molecule is CCc1nc(C2(N)CCOC2)n(C)n1. The lowest BCUT2D eigenvalue weighted by atomic mass is 9.99. The zero-order valence-corrected chi connectivity index (χ0v) is 8.66. The molecular formula is C9H16N4O. The molecule has 14 heavy (non-hydrogen) atoms. The van der Waals surface area contributed by atoms with Gasteiger partial charge in [0.1, 0.15) is 11.4 Å². The smallest absolute Gasteiger partial charge is 0.150 e. The van der Waals surface area contributed by atoms with E-state index in [0.717, 1.165) is 24.5 Å². The second-order valence-corrected chi connectivity index (χ2v) is 3.79. The minimum Gasteiger partial charge on any atom is -0.379 e. The number of rotatable bonds is 2. The van der Waals surface area contributed by atoms with E-state index >= 15 is 0 Å². The van der Waals surface area contributed by atoms with Gasteiger partial charge in [-0.1, -0.05) is 6.92 Å². The third-order valence-electron chi connectivity index (χ3n) is 2.62. The summed E-state index contributed by atoms with van der Waals surface area (Å²) in [5, 5.41) is 4.29. The molecule has 1 aromatic heterocycles. The molecule has 2 heterocycles. The third-order valence-corrected chi connectivity index (χ3v) is 2.62. The van der Waals surface area contributed by atoms with Gasteiger partial charge in [-0.25, -0.2) is 4.98 Å². The molecule has 5 nitrogen and oxygen atoms in total. The second-order valence-electron chi connectivity index (χ2n) is 3.79. The van der Waals surface area contributed by atoms with E-state index in [4.69, 9.17) is 10.5 Å². The van der Waals surface area contributed by atoms with Crippen molar-refractivity contribution in [3.63, 3.8) is 0 Å². The highest BCUT2D eigenvalue weighted by molar-refractivity contribution is 5.09. The van der Waals surface area contributed by atoms with E-state index in [-0.39, 0.29) is 0 Å². The Kier molecular flexibility index (Phi) is 2.28. The van der Waals surface area contributed by atoms with Crippen molar-refractivity contribution >= 4 is 0 Å². The van der Waals surface area contributed by atoms with Gasteiger partial charge in [0.25, 0.3) is 0 Å². The van der Waals surface area contributed by atoms with Gasteiger partial charge >= 0.3 is 0 Å². The predicted molar refractivity (Wildman–Crippen MR) is 51.7 cm³/mol. The van der Waals surface area contributed by atoms with Crippen LogP contribution in [0.3, 0.4) is 0 Å². The average molecular weight is 196 g/mol. The fraction of sp³-hybridized carbons (Fsp3) is 0.778. The van der Waals surface area contributed by atoms with E-state index in [2.05, 4.69) is 10.1 Å². The van der Waals surface area contributed by atoms with Crippen molar-refractivity contribution in [1.29, 1.82) is 0 Å². The van der Waals surface area contributed by atoms with Gasteiger partial charge in [-0.05, 0) is 6.42 Å². The second kappa shape index (κ2) is 3.33. The first kappa shape index (κ1) is 9.61. The number of nitrogens with two attached hydrogens (primary N) is 1. The van der Waals surface area contributed by atoms with E-state index in [1.165, 1.54) is 0 Å². The van der Waals surface area contributed by atoms with Crippen LogP contribution in [-0.2, 0) is 23.7 Å². The molecule has 5 heteroatoms. The Labute approximate surface area is 83.3 Å². The summed E-state index contributed by atoms with van der Waals surface area (Å²) in [6.45, 7) is 3.29. The highest BCUT2D eigenvalue weighted by Gasteiger charge is 2.36. The summed E-state index contributed by atoms with van der Waals surface area (Å²) in [6, 6.07) is 0. The standard InChI is InChI=1S/C9H16N4O/c1-3-7-11-8(13(2)12-7)9(10)4-5-14-6-9/h3-6,10H2,1-2H3. The maximum Gasteiger partial charge on any atom is 0.150 e. The summed E-state index contributed by atoms with van der Waals surface area (Å²) in [4.78, 5) is 4.43. The molecule has 1 aromatic rings. The Morgan fingerprint density at radius 3 is 2.93 bits per heavy atom. The molecule has 2 rings (SSSR count). The number of hydrogen-bond donors (Lipinski definition) is 1. The van der Waals surface area contributed by atoms with E-state index in [1.54, 1.807) is 4.68 Å². The maximum atomic E-state index is 6.20. The molecule has 0 bridgehead atoms. The van der Waals surface area contributed by atoms with Gasteiger partial charge in [-0.2, -0.15) is 5.10 Å². The average Bonchev–Trinajstić information content (AvgIpc) is 2.73. The summed E-state index contributed by atoms with van der Waals surface area (Å²) < 4.78 is 7.08. The number of nitrogens with zero attached hydrogens (tertiary/aromatic N) is 3. The van der Waals surface area contributed by atoms with Gasteiger partial charge in [0.05, 0.1) is 6.61 Å². The van der Waals surface area contributed by atoms with Gasteiger partial charge < -0.3 is 10.5 Å². The first-order valence-corrected chi connectivity index (χ1v) is 4.93. The molecule has 2 N–H and O–H groups in total. The summed E-state index contributed by atoms with van der Waals surface area (Å²) in [7, 11) is 1.88. The molecule has 0 amide bonds. The largest absolute Gasteiger partial charge is 0.379 e. The molecule has 0 aromatic carbocycles. The van der Waals surface area contributed by atoms with Crippen LogP contribution in [-0.4, -0.2) is 28.0 Å². The Bertz CT molecular complexity index is 328. The fourth-order valence-electron chi connectivity index (χ4n) is 1.78. The van der Waals surface area contributed by atoms with Crippen LogP contribution in [0.15, 0.2) is 0 Å². The van der Waals surface area contributed by atoms with Gasteiger partial charge in [-0.3, -0.25) is 4.68 Å². The van der Waals surface area contributed by atoms with Crippen LogP contribution in [0.2, 0.25) is 0 Å². The van der Waals surface area contributed by atoms with Crippen LogP contribution >= 0.6 is 0 Å². The Morgan fingerprint density at radius 1 is 1.64 bits per heavy atom. The minimum absolute atomic E-state index is 0.435. The Hall–Kier alpha value is -0.940. The molecule has 1 saturated heterocycles. The molecule has 0 spiro atoms. The summed E-state index contributed by atoms with van der Waals surface area (Å²) in [6.07, 6.45) is 1.66.